The lowest BCUT2D eigenvalue weighted by Crippen LogP contribution is -2.14. The van der Waals surface area contributed by atoms with Gasteiger partial charge >= 0.3 is 0 Å². The van der Waals surface area contributed by atoms with Crippen LogP contribution in [0.5, 0.6) is 5.75 Å². The molecule has 2 aromatic carbocycles. The van der Waals surface area contributed by atoms with E-state index in [0.717, 1.165) is 10.6 Å². The van der Waals surface area contributed by atoms with E-state index in [0.29, 0.717) is 18.1 Å². The quantitative estimate of drug-likeness (QED) is 0.612. The van der Waals surface area contributed by atoms with Crippen LogP contribution in [0.15, 0.2) is 66.1 Å². The van der Waals surface area contributed by atoms with Crippen LogP contribution in [0.1, 0.15) is 5.56 Å². The van der Waals surface area contributed by atoms with Gasteiger partial charge in [-0.1, -0.05) is 36.4 Å². The highest BCUT2D eigenvalue weighted by Gasteiger charge is 2.04. The Morgan fingerprint density at radius 3 is 2.77 bits per heavy atom. The van der Waals surface area contributed by atoms with Gasteiger partial charge in [0, 0.05) is 16.6 Å². The van der Waals surface area contributed by atoms with Crippen molar-refractivity contribution in [1.29, 1.82) is 0 Å². The predicted molar refractivity (Wildman–Crippen MR) is 92.7 cm³/mol. The van der Waals surface area contributed by atoms with Crippen LogP contribution in [0.3, 0.4) is 0 Å². The van der Waals surface area contributed by atoms with Gasteiger partial charge in [0.25, 0.3) is 0 Å². The molecule has 3 nitrogen and oxygen atoms in total. The molecule has 1 N–H and O–H groups in total. The van der Waals surface area contributed by atoms with Crippen LogP contribution in [0.4, 0.5) is 5.69 Å². The standard InChI is InChI=1S/C18H19NO2S/c1-3-11-21-16-6-4-5-15(12-16)19-18(20)13-22-17-9-7-14(2)8-10-17/h3-10,12H,1,11,13H2,2H3,(H,19,20). The minimum absolute atomic E-state index is 0.0357. The largest absolute Gasteiger partial charge is 0.489 e. The zero-order valence-corrected chi connectivity index (χ0v) is 13.4. The number of hydrogen-bond acceptors (Lipinski definition) is 3. The van der Waals surface area contributed by atoms with E-state index in [1.54, 1.807) is 12.1 Å². The van der Waals surface area contributed by atoms with E-state index < -0.39 is 0 Å². The van der Waals surface area contributed by atoms with Gasteiger partial charge in [0.15, 0.2) is 0 Å². The van der Waals surface area contributed by atoms with Gasteiger partial charge in [0.05, 0.1) is 5.75 Å². The lowest BCUT2D eigenvalue weighted by atomic mass is 10.2. The SMILES string of the molecule is C=CCOc1cccc(NC(=O)CSc2ccc(C)cc2)c1. The number of thioether (sulfide) groups is 1. The van der Waals surface area contributed by atoms with Gasteiger partial charge < -0.3 is 10.1 Å². The van der Waals surface area contributed by atoms with Gasteiger partial charge in [-0.25, -0.2) is 0 Å². The van der Waals surface area contributed by atoms with Crippen molar-refractivity contribution < 1.29 is 9.53 Å². The Morgan fingerprint density at radius 1 is 1.27 bits per heavy atom. The Bertz CT molecular complexity index is 638. The molecule has 0 fully saturated rings. The highest BCUT2D eigenvalue weighted by atomic mass is 32.2. The van der Waals surface area contributed by atoms with Crippen LogP contribution in [-0.2, 0) is 4.79 Å². The number of benzene rings is 2. The third-order valence-electron chi connectivity index (χ3n) is 2.88. The minimum atomic E-state index is -0.0357. The molecule has 0 aliphatic carbocycles. The van der Waals surface area contributed by atoms with E-state index in [1.807, 2.05) is 49.4 Å². The smallest absolute Gasteiger partial charge is 0.234 e. The molecule has 2 aromatic rings. The number of ether oxygens (including phenoxy) is 1. The summed E-state index contributed by atoms with van der Waals surface area (Å²) in [5, 5.41) is 2.87. The van der Waals surface area contributed by atoms with Gasteiger partial charge in [-0.3, -0.25) is 4.79 Å². The fourth-order valence-electron chi connectivity index (χ4n) is 1.80. The molecule has 4 heteroatoms. The van der Waals surface area contributed by atoms with E-state index >= 15 is 0 Å². The van der Waals surface area contributed by atoms with Gasteiger partial charge in [0.2, 0.25) is 5.91 Å². The van der Waals surface area contributed by atoms with Crippen molar-refractivity contribution in [2.45, 2.75) is 11.8 Å². The molecule has 0 aliphatic rings. The van der Waals surface area contributed by atoms with Crippen LogP contribution in [-0.4, -0.2) is 18.3 Å². The molecule has 0 aromatic heterocycles. The summed E-state index contributed by atoms with van der Waals surface area (Å²) in [5.74, 6) is 1.05. The van der Waals surface area contributed by atoms with E-state index in [1.165, 1.54) is 17.3 Å². The molecule has 0 saturated carbocycles. The Morgan fingerprint density at radius 2 is 2.05 bits per heavy atom. The lowest BCUT2D eigenvalue weighted by Gasteiger charge is -2.08. The molecule has 0 unspecified atom stereocenters. The monoisotopic (exact) mass is 313 g/mol. The van der Waals surface area contributed by atoms with Crippen LogP contribution >= 0.6 is 11.8 Å². The van der Waals surface area contributed by atoms with Crippen LogP contribution in [0.2, 0.25) is 0 Å². The molecule has 2 rings (SSSR count). The zero-order chi connectivity index (χ0) is 15.8. The average molecular weight is 313 g/mol. The Labute approximate surface area is 135 Å². The van der Waals surface area contributed by atoms with Gasteiger partial charge in [-0.15, -0.1) is 11.8 Å². The Hall–Kier alpha value is -2.20. The molecular formula is C18H19NO2S. The molecule has 0 heterocycles. The van der Waals surface area contributed by atoms with E-state index in [4.69, 9.17) is 4.74 Å². The number of hydrogen-bond donors (Lipinski definition) is 1. The summed E-state index contributed by atoms with van der Waals surface area (Å²) in [7, 11) is 0. The number of carbonyl (C=O) groups is 1. The molecule has 114 valence electrons. The van der Waals surface area contributed by atoms with Crippen molar-refractivity contribution in [3.8, 4) is 5.75 Å². The molecule has 0 radical (unpaired) electrons. The fourth-order valence-corrected chi connectivity index (χ4v) is 2.50. The topological polar surface area (TPSA) is 38.3 Å². The molecule has 1 amide bonds. The maximum Gasteiger partial charge on any atom is 0.234 e. The summed E-state index contributed by atoms with van der Waals surface area (Å²) < 4.78 is 5.44. The van der Waals surface area contributed by atoms with Crippen molar-refractivity contribution in [3.63, 3.8) is 0 Å². The maximum atomic E-state index is 12.0. The van der Waals surface area contributed by atoms with E-state index in [-0.39, 0.29) is 5.91 Å². The summed E-state index contributed by atoms with van der Waals surface area (Å²) in [4.78, 5) is 13.1. The third-order valence-corrected chi connectivity index (χ3v) is 3.89. The third kappa shape index (κ3) is 5.30. The second-order valence-electron chi connectivity index (χ2n) is 4.78. The molecule has 0 atom stereocenters. The molecule has 0 bridgehead atoms. The Kier molecular flexibility index (Phi) is 6.10. The van der Waals surface area contributed by atoms with Crippen LogP contribution in [0.25, 0.3) is 0 Å². The number of amides is 1. The highest BCUT2D eigenvalue weighted by Crippen LogP contribution is 2.20. The van der Waals surface area contributed by atoms with Crippen molar-refractivity contribution in [1.82, 2.24) is 0 Å². The molecule has 0 aliphatic heterocycles. The van der Waals surface area contributed by atoms with Crippen LogP contribution in [0, 0.1) is 6.92 Å². The summed E-state index contributed by atoms with van der Waals surface area (Å²) in [6.07, 6.45) is 1.68. The number of aryl methyl sites for hydroxylation is 1. The second kappa shape index (κ2) is 8.29. The molecular weight excluding hydrogens is 294 g/mol. The number of nitrogens with one attached hydrogen (secondary N) is 1. The molecule has 0 saturated heterocycles. The van der Waals surface area contributed by atoms with Crippen molar-refractivity contribution in [2.75, 3.05) is 17.7 Å². The number of anilines is 1. The van der Waals surface area contributed by atoms with Gasteiger partial charge in [-0.2, -0.15) is 0 Å². The van der Waals surface area contributed by atoms with Crippen molar-refractivity contribution >= 4 is 23.4 Å². The fraction of sp³-hybridized carbons (Fsp3) is 0.167. The lowest BCUT2D eigenvalue weighted by molar-refractivity contribution is -0.113. The second-order valence-corrected chi connectivity index (χ2v) is 5.83. The summed E-state index contributed by atoms with van der Waals surface area (Å²) in [5.41, 5.74) is 1.95. The van der Waals surface area contributed by atoms with Crippen LogP contribution < -0.4 is 10.1 Å². The summed E-state index contributed by atoms with van der Waals surface area (Å²) in [6, 6.07) is 15.5. The van der Waals surface area contributed by atoms with Crippen molar-refractivity contribution in [2.24, 2.45) is 0 Å². The normalized spacial score (nSPS) is 10.0. The predicted octanol–water partition coefficient (Wildman–Crippen LogP) is 4.29. The first-order valence-electron chi connectivity index (χ1n) is 7.00. The number of rotatable bonds is 7. The van der Waals surface area contributed by atoms with Crippen molar-refractivity contribution in [3.05, 3.63) is 66.7 Å². The first kappa shape index (κ1) is 16.2. The number of carbonyl (C=O) groups excluding carboxylic acids is 1. The van der Waals surface area contributed by atoms with Gasteiger partial charge in [-0.05, 0) is 31.2 Å². The maximum absolute atomic E-state index is 12.0. The Balaban J connectivity index is 1.86. The van der Waals surface area contributed by atoms with E-state index in [9.17, 15) is 4.79 Å². The summed E-state index contributed by atoms with van der Waals surface area (Å²) in [6.45, 7) is 6.10. The average Bonchev–Trinajstić information content (AvgIpc) is 2.53. The highest BCUT2D eigenvalue weighted by molar-refractivity contribution is 8.00. The molecule has 0 spiro atoms. The van der Waals surface area contributed by atoms with E-state index in [2.05, 4.69) is 11.9 Å². The summed E-state index contributed by atoms with van der Waals surface area (Å²) >= 11 is 1.52. The minimum Gasteiger partial charge on any atom is -0.489 e. The zero-order valence-electron chi connectivity index (χ0n) is 12.5. The first-order chi connectivity index (χ1) is 10.7. The first-order valence-corrected chi connectivity index (χ1v) is 7.99. The molecule has 22 heavy (non-hydrogen) atoms. The van der Waals surface area contributed by atoms with Gasteiger partial charge in [0.1, 0.15) is 12.4 Å².